The Labute approximate surface area is 142 Å². The minimum Gasteiger partial charge on any atom is -0.287 e. The third-order valence-electron chi connectivity index (χ3n) is 3.35. The van der Waals surface area contributed by atoms with E-state index in [0.717, 1.165) is 22.5 Å². The predicted octanol–water partition coefficient (Wildman–Crippen LogP) is 3.87. The number of Topliss-reactive ketones (excluding diaryl/α,β-unsaturated/α-hetero) is 1. The molecule has 0 saturated carbocycles. The van der Waals surface area contributed by atoms with Crippen LogP contribution in [0, 0.1) is 0 Å². The van der Waals surface area contributed by atoms with Crippen LogP contribution in [0.3, 0.4) is 0 Å². The van der Waals surface area contributed by atoms with Crippen molar-refractivity contribution in [1.29, 1.82) is 0 Å². The molecule has 0 atom stereocenters. The molecule has 0 radical (unpaired) electrons. The van der Waals surface area contributed by atoms with Gasteiger partial charge in [-0.2, -0.15) is 26.3 Å². The van der Waals surface area contributed by atoms with E-state index < -0.39 is 50.4 Å². The number of sulfonamides is 1. The summed E-state index contributed by atoms with van der Waals surface area (Å²) in [7, 11) is -4.47. The van der Waals surface area contributed by atoms with Crippen molar-refractivity contribution in [3.8, 4) is 0 Å². The summed E-state index contributed by atoms with van der Waals surface area (Å²) in [5.41, 5.74) is -1.20. The van der Waals surface area contributed by atoms with Crippen LogP contribution in [-0.4, -0.2) is 42.7 Å². The van der Waals surface area contributed by atoms with E-state index >= 15 is 0 Å². The first-order valence-corrected chi connectivity index (χ1v) is 8.71. The molecule has 0 amide bonds. The molecular formula is C15H18F5NO3S. The van der Waals surface area contributed by atoms with Crippen molar-refractivity contribution in [3.05, 3.63) is 29.8 Å². The molecule has 0 spiro atoms. The highest BCUT2D eigenvalue weighted by Crippen LogP contribution is 2.39. The van der Waals surface area contributed by atoms with Gasteiger partial charge in [-0.25, -0.2) is 8.42 Å². The largest absolute Gasteiger partial charge is 0.461 e. The van der Waals surface area contributed by atoms with E-state index in [9.17, 15) is 35.2 Å². The van der Waals surface area contributed by atoms with E-state index in [1.165, 1.54) is 27.7 Å². The van der Waals surface area contributed by atoms with Crippen LogP contribution in [0.2, 0.25) is 0 Å². The van der Waals surface area contributed by atoms with Gasteiger partial charge in [0, 0.05) is 17.6 Å². The van der Waals surface area contributed by atoms with Crippen LogP contribution in [0.25, 0.3) is 0 Å². The minimum absolute atomic E-state index is 0.601. The average Bonchev–Trinajstić information content (AvgIpc) is 2.43. The lowest BCUT2D eigenvalue weighted by Crippen LogP contribution is -2.46. The zero-order valence-corrected chi connectivity index (χ0v) is 14.8. The molecule has 1 aromatic carbocycles. The number of hydrogen-bond acceptors (Lipinski definition) is 3. The van der Waals surface area contributed by atoms with E-state index in [-0.39, 0.29) is 0 Å². The lowest BCUT2D eigenvalue weighted by molar-refractivity contribution is -0.255. The Bertz CT molecular complexity index is 734. The van der Waals surface area contributed by atoms with Crippen LogP contribution in [0.5, 0.6) is 0 Å². The molecule has 0 aliphatic rings. The first kappa shape index (κ1) is 21.5. The van der Waals surface area contributed by atoms with E-state index in [1.807, 2.05) is 0 Å². The molecule has 0 bridgehead atoms. The molecule has 1 aromatic rings. The van der Waals surface area contributed by atoms with Gasteiger partial charge in [0.2, 0.25) is 15.8 Å². The zero-order chi connectivity index (χ0) is 19.8. The summed E-state index contributed by atoms with van der Waals surface area (Å²) >= 11 is 0. The maximum atomic E-state index is 13.4. The lowest BCUT2D eigenvalue weighted by Gasteiger charge is -2.30. The smallest absolute Gasteiger partial charge is 0.287 e. The Morgan fingerprint density at radius 2 is 1.40 bits per heavy atom. The van der Waals surface area contributed by atoms with Crippen LogP contribution < -0.4 is 0 Å². The highest BCUT2D eigenvalue weighted by Gasteiger charge is 2.63. The maximum absolute atomic E-state index is 13.4. The van der Waals surface area contributed by atoms with Gasteiger partial charge in [0.15, 0.2) is 0 Å². The second kappa shape index (κ2) is 6.99. The number of nitrogens with zero attached hydrogens (tertiary/aromatic N) is 1. The monoisotopic (exact) mass is 387 g/mol. The van der Waals surface area contributed by atoms with E-state index in [2.05, 4.69) is 0 Å². The van der Waals surface area contributed by atoms with Gasteiger partial charge >= 0.3 is 12.1 Å². The summed E-state index contributed by atoms with van der Waals surface area (Å²) in [5.74, 6) is -8.30. The van der Waals surface area contributed by atoms with Crippen LogP contribution in [0.15, 0.2) is 29.2 Å². The summed E-state index contributed by atoms with van der Waals surface area (Å²) in [4.78, 5) is 10.9. The van der Waals surface area contributed by atoms with Crippen LogP contribution in [0.4, 0.5) is 22.0 Å². The fraction of sp³-hybridized carbons (Fsp3) is 0.533. The average molecular weight is 387 g/mol. The number of carbonyl (C=O) groups excluding carboxylic acids is 1. The summed E-state index contributed by atoms with van der Waals surface area (Å²) in [5, 5.41) is 0. The third-order valence-corrected chi connectivity index (χ3v) is 5.66. The molecular weight excluding hydrogens is 369 g/mol. The van der Waals surface area contributed by atoms with Crippen molar-refractivity contribution in [2.75, 3.05) is 0 Å². The van der Waals surface area contributed by atoms with Crippen molar-refractivity contribution in [2.45, 2.75) is 56.8 Å². The standard InChI is InChI=1S/C15H18F5NO3S/c1-9(2)21(10(3)4)25(23,24)12-8-6-5-7-11(12)13(22)14(16,17)15(18,19)20/h5-10H,1-4H3. The van der Waals surface area contributed by atoms with Gasteiger partial charge in [0.1, 0.15) is 0 Å². The number of benzene rings is 1. The van der Waals surface area contributed by atoms with Gasteiger partial charge in [0.05, 0.1) is 4.90 Å². The molecule has 0 saturated heterocycles. The second-order valence-corrected chi connectivity index (χ2v) is 7.73. The van der Waals surface area contributed by atoms with E-state index in [4.69, 9.17) is 0 Å². The lowest BCUT2D eigenvalue weighted by atomic mass is 10.1. The van der Waals surface area contributed by atoms with Gasteiger partial charge in [-0.1, -0.05) is 12.1 Å². The molecule has 4 nitrogen and oxygen atoms in total. The fourth-order valence-electron chi connectivity index (χ4n) is 2.44. The van der Waals surface area contributed by atoms with E-state index in [0.29, 0.717) is 6.07 Å². The van der Waals surface area contributed by atoms with Gasteiger partial charge in [-0.3, -0.25) is 4.79 Å². The molecule has 0 aliphatic carbocycles. The molecule has 0 unspecified atom stereocenters. The molecule has 0 N–H and O–H groups in total. The van der Waals surface area contributed by atoms with Crippen molar-refractivity contribution < 1.29 is 35.2 Å². The number of ketones is 1. The number of carbonyl (C=O) groups is 1. The summed E-state index contributed by atoms with van der Waals surface area (Å²) in [6.07, 6.45) is -6.13. The Morgan fingerprint density at radius 1 is 0.960 bits per heavy atom. The van der Waals surface area contributed by atoms with Crippen molar-refractivity contribution in [2.24, 2.45) is 0 Å². The second-order valence-electron chi connectivity index (χ2n) is 5.92. The highest BCUT2D eigenvalue weighted by atomic mass is 32.2. The summed E-state index contributed by atoms with van der Waals surface area (Å²) in [6.45, 7) is 6.08. The van der Waals surface area contributed by atoms with Crippen molar-refractivity contribution in [3.63, 3.8) is 0 Å². The van der Waals surface area contributed by atoms with Crippen LogP contribution in [-0.2, 0) is 10.0 Å². The third kappa shape index (κ3) is 4.00. The van der Waals surface area contributed by atoms with E-state index in [1.54, 1.807) is 0 Å². The Hall–Kier alpha value is -1.55. The first-order valence-electron chi connectivity index (χ1n) is 7.27. The maximum Gasteiger partial charge on any atom is 0.461 e. The van der Waals surface area contributed by atoms with Crippen LogP contribution >= 0.6 is 0 Å². The zero-order valence-electron chi connectivity index (χ0n) is 13.9. The molecule has 0 fully saturated rings. The van der Waals surface area contributed by atoms with Gasteiger partial charge in [0.25, 0.3) is 0 Å². The van der Waals surface area contributed by atoms with Crippen molar-refractivity contribution in [1.82, 2.24) is 4.31 Å². The summed E-state index contributed by atoms with van der Waals surface area (Å²) < 4.78 is 90.7. The quantitative estimate of drug-likeness (QED) is 0.550. The SMILES string of the molecule is CC(C)N(C(C)C)S(=O)(=O)c1ccccc1C(=O)C(F)(F)C(F)(F)F. The predicted molar refractivity (Wildman–Crippen MR) is 81.1 cm³/mol. The van der Waals surface area contributed by atoms with Crippen molar-refractivity contribution >= 4 is 15.8 Å². The first-order chi connectivity index (χ1) is 11.2. The minimum atomic E-state index is -6.13. The highest BCUT2D eigenvalue weighted by molar-refractivity contribution is 7.89. The number of hydrogen-bond donors (Lipinski definition) is 0. The Morgan fingerprint density at radius 3 is 1.80 bits per heavy atom. The number of halogens is 5. The summed E-state index contributed by atoms with van der Waals surface area (Å²) in [6, 6.07) is 2.45. The topological polar surface area (TPSA) is 54.5 Å². The molecule has 0 aromatic heterocycles. The molecule has 1 rings (SSSR count). The number of alkyl halides is 5. The molecule has 25 heavy (non-hydrogen) atoms. The van der Waals surface area contributed by atoms with Gasteiger partial charge in [-0.05, 0) is 39.8 Å². The molecule has 10 heteroatoms. The Kier molecular flexibility index (Phi) is 6.01. The molecule has 0 heterocycles. The molecule has 142 valence electrons. The van der Waals surface area contributed by atoms with Gasteiger partial charge < -0.3 is 0 Å². The fourth-order valence-corrected chi connectivity index (χ4v) is 4.47. The Balaban J connectivity index is 3.60. The number of rotatable bonds is 6. The normalized spacial score (nSPS) is 13.8. The molecule has 0 aliphatic heterocycles. The van der Waals surface area contributed by atoms with Gasteiger partial charge in [-0.15, -0.1) is 0 Å². The van der Waals surface area contributed by atoms with Crippen LogP contribution in [0.1, 0.15) is 38.1 Å².